The zero-order chi connectivity index (χ0) is 18.8. The number of halogens is 5. The SMILES string of the molecule is CN(C)/C=C(/Br)c1cc(-c2ncc(C(F)(F)F)cn2)c(F)cc1C=O. The van der Waals surface area contributed by atoms with Crippen molar-refractivity contribution in [2.75, 3.05) is 14.1 Å². The van der Waals surface area contributed by atoms with Crippen LogP contribution in [0.2, 0.25) is 0 Å². The second kappa shape index (κ2) is 7.30. The summed E-state index contributed by atoms with van der Waals surface area (Å²) in [5.74, 6) is -1.02. The van der Waals surface area contributed by atoms with Crippen molar-refractivity contribution in [3.8, 4) is 11.4 Å². The molecule has 1 aromatic carbocycles. The van der Waals surface area contributed by atoms with Gasteiger partial charge in [-0.1, -0.05) is 0 Å². The summed E-state index contributed by atoms with van der Waals surface area (Å²) >= 11 is 3.30. The Morgan fingerprint density at radius 2 is 1.80 bits per heavy atom. The van der Waals surface area contributed by atoms with Crippen LogP contribution in [0.15, 0.2) is 30.7 Å². The van der Waals surface area contributed by atoms with Gasteiger partial charge in [0.25, 0.3) is 0 Å². The van der Waals surface area contributed by atoms with Gasteiger partial charge >= 0.3 is 6.18 Å². The van der Waals surface area contributed by atoms with E-state index in [1.807, 2.05) is 0 Å². The molecule has 0 aliphatic rings. The minimum atomic E-state index is -4.58. The molecule has 25 heavy (non-hydrogen) atoms. The van der Waals surface area contributed by atoms with Gasteiger partial charge in [0.1, 0.15) is 5.82 Å². The van der Waals surface area contributed by atoms with Crippen LogP contribution < -0.4 is 0 Å². The second-order valence-corrected chi connectivity index (χ2v) is 6.13. The lowest BCUT2D eigenvalue weighted by Gasteiger charge is -2.12. The number of rotatable bonds is 4. The number of nitrogens with zero attached hydrogens (tertiary/aromatic N) is 3. The summed E-state index contributed by atoms with van der Waals surface area (Å²) in [5.41, 5.74) is -0.699. The van der Waals surface area contributed by atoms with Gasteiger partial charge in [-0.3, -0.25) is 4.79 Å². The van der Waals surface area contributed by atoms with E-state index in [1.54, 1.807) is 25.2 Å². The first-order valence-electron chi connectivity index (χ1n) is 6.86. The highest BCUT2D eigenvalue weighted by Crippen LogP contribution is 2.32. The van der Waals surface area contributed by atoms with Crippen LogP contribution in [0.25, 0.3) is 15.9 Å². The second-order valence-electron chi connectivity index (χ2n) is 5.27. The molecule has 132 valence electrons. The van der Waals surface area contributed by atoms with Crippen molar-refractivity contribution in [3.63, 3.8) is 0 Å². The van der Waals surface area contributed by atoms with Crippen LogP contribution in [-0.4, -0.2) is 35.2 Å². The third kappa shape index (κ3) is 4.41. The van der Waals surface area contributed by atoms with Crippen molar-refractivity contribution in [2.24, 2.45) is 0 Å². The van der Waals surface area contributed by atoms with Gasteiger partial charge in [0, 0.05) is 48.3 Å². The average molecular weight is 418 g/mol. The minimum absolute atomic E-state index is 0.0816. The number of carbonyl (C=O) groups is 1. The first-order chi connectivity index (χ1) is 11.6. The number of hydrogen-bond donors (Lipinski definition) is 0. The lowest BCUT2D eigenvalue weighted by Crippen LogP contribution is -2.07. The van der Waals surface area contributed by atoms with Crippen LogP contribution in [0.5, 0.6) is 0 Å². The first-order valence-corrected chi connectivity index (χ1v) is 7.65. The van der Waals surface area contributed by atoms with Crippen molar-refractivity contribution >= 4 is 26.7 Å². The maximum atomic E-state index is 14.3. The molecule has 0 fully saturated rings. The summed E-state index contributed by atoms with van der Waals surface area (Å²) in [7, 11) is 3.51. The smallest absolute Gasteiger partial charge is 0.383 e. The van der Waals surface area contributed by atoms with Crippen LogP contribution in [-0.2, 0) is 6.18 Å². The maximum Gasteiger partial charge on any atom is 0.419 e. The molecular formula is C16H12BrF4N3O. The molecule has 9 heteroatoms. The van der Waals surface area contributed by atoms with Gasteiger partial charge in [0.2, 0.25) is 0 Å². The van der Waals surface area contributed by atoms with Gasteiger partial charge < -0.3 is 4.90 Å². The van der Waals surface area contributed by atoms with E-state index in [1.165, 1.54) is 6.07 Å². The molecule has 0 saturated carbocycles. The van der Waals surface area contributed by atoms with E-state index in [0.29, 0.717) is 28.7 Å². The Morgan fingerprint density at radius 1 is 1.20 bits per heavy atom. The Balaban J connectivity index is 2.57. The topological polar surface area (TPSA) is 46.1 Å². The van der Waals surface area contributed by atoms with Gasteiger partial charge in [0.05, 0.1) is 11.1 Å². The number of alkyl halides is 3. The molecule has 0 saturated heterocycles. The lowest BCUT2D eigenvalue weighted by molar-refractivity contribution is -0.138. The molecule has 4 nitrogen and oxygen atoms in total. The number of aldehydes is 1. The largest absolute Gasteiger partial charge is 0.419 e. The van der Waals surface area contributed by atoms with Crippen LogP contribution in [0.3, 0.4) is 0 Å². The van der Waals surface area contributed by atoms with Crippen molar-refractivity contribution in [2.45, 2.75) is 6.18 Å². The van der Waals surface area contributed by atoms with E-state index in [-0.39, 0.29) is 17.0 Å². The highest BCUT2D eigenvalue weighted by molar-refractivity contribution is 9.15. The van der Waals surface area contributed by atoms with E-state index < -0.39 is 17.6 Å². The number of benzene rings is 1. The monoisotopic (exact) mass is 417 g/mol. The molecule has 0 bridgehead atoms. The van der Waals surface area contributed by atoms with Crippen LogP contribution in [0, 0.1) is 5.82 Å². The lowest BCUT2D eigenvalue weighted by atomic mass is 10.0. The summed E-state index contributed by atoms with van der Waals surface area (Å²) in [6.07, 6.45) is -1.28. The Labute approximate surface area is 149 Å². The van der Waals surface area contributed by atoms with Gasteiger partial charge in [-0.15, -0.1) is 0 Å². The third-order valence-electron chi connectivity index (χ3n) is 3.12. The molecule has 0 radical (unpaired) electrons. The first kappa shape index (κ1) is 19.0. The zero-order valence-electron chi connectivity index (χ0n) is 13.1. The molecule has 2 aromatic rings. The number of hydrogen-bond acceptors (Lipinski definition) is 4. The van der Waals surface area contributed by atoms with Crippen molar-refractivity contribution < 1.29 is 22.4 Å². The summed E-state index contributed by atoms with van der Waals surface area (Å²) in [6, 6.07) is 2.30. The average Bonchev–Trinajstić information content (AvgIpc) is 2.53. The molecule has 1 heterocycles. The third-order valence-corrected chi connectivity index (χ3v) is 3.75. The van der Waals surface area contributed by atoms with Gasteiger partial charge in [0.15, 0.2) is 12.1 Å². The molecule has 0 spiro atoms. The van der Waals surface area contributed by atoms with E-state index in [4.69, 9.17) is 0 Å². The predicted molar refractivity (Wildman–Crippen MR) is 88.4 cm³/mol. The molecule has 0 aliphatic heterocycles. The molecule has 0 aliphatic carbocycles. The molecule has 1 aromatic heterocycles. The highest BCUT2D eigenvalue weighted by Gasteiger charge is 2.31. The summed E-state index contributed by atoms with van der Waals surface area (Å²) in [5, 5.41) is 0. The molecule has 0 N–H and O–H groups in total. The molecular weight excluding hydrogens is 406 g/mol. The summed E-state index contributed by atoms with van der Waals surface area (Å²) < 4.78 is 52.5. The Morgan fingerprint density at radius 3 is 2.28 bits per heavy atom. The molecule has 0 amide bonds. The highest BCUT2D eigenvalue weighted by atomic mass is 79.9. The Kier molecular flexibility index (Phi) is 5.56. The Bertz CT molecular complexity index is 817. The molecule has 2 rings (SSSR count). The number of aromatic nitrogens is 2. The van der Waals surface area contributed by atoms with E-state index >= 15 is 0 Å². The van der Waals surface area contributed by atoms with Crippen LogP contribution >= 0.6 is 15.9 Å². The fourth-order valence-corrected chi connectivity index (χ4v) is 2.73. The van der Waals surface area contributed by atoms with E-state index in [0.717, 1.165) is 6.07 Å². The van der Waals surface area contributed by atoms with Gasteiger partial charge in [-0.25, -0.2) is 14.4 Å². The Hall–Kier alpha value is -2.29. The standard InChI is InChI=1S/C16H12BrF4N3O/c1-24(2)7-13(17)11-4-12(14(18)3-9(11)8-25)15-22-5-10(6-23-15)16(19,20)21/h3-8H,1-2H3/b13-7+. The minimum Gasteiger partial charge on any atom is -0.383 e. The summed E-state index contributed by atoms with van der Waals surface area (Å²) in [6.45, 7) is 0. The molecule has 0 atom stereocenters. The maximum absolute atomic E-state index is 14.3. The van der Waals surface area contributed by atoms with Crippen molar-refractivity contribution in [1.82, 2.24) is 14.9 Å². The van der Waals surface area contributed by atoms with E-state index in [9.17, 15) is 22.4 Å². The van der Waals surface area contributed by atoms with Crippen LogP contribution in [0.4, 0.5) is 17.6 Å². The normalized spacial score (nSPS) is 12.2. The van der Waals surface area contributed by atoms with E-state index in [2.05, 4.69) is 25.9 Å². The summed E-state index contributed by atoms with van der Waals surface area (Å²) in [4.78, 5) is 20.1. The van der Waals surface area contributed by atoms with Crippen molar-refractivity contribution in [1.29, 1.82) is 0 Å². The van der Waals surface area contributed by atoms with Crippen LogP contribution in [0.1, 0.15) is 21.5 Å². The molecule has 0 unspecified atom stereocenters. The quantitative estimate of drug-likeness (QED) is 0.547. The van der Waals surface area contributed by atoms with Crippen molar-refractivity contribution in [3.05, 3.63) is 53.2 Å². The zero-order valence-corrected chi connectivity index (χ0v) is 14.7. The fourth-order valence-electron chi connectivity index (χ4n) is 1.97. The predicted octanol–water partition coefficient (Wildman–Crippen LogP) is 4.37. The van der Waals surface area contributed by atoms with Gasteiger partial charge in [-0.05, 0) is 28.1 Å². The fraction of sp³-hybridized carbons (Fsp3) is 0.188. The van der Waals surface area contributed by atoms with Gasteiger partial charge in [-0.2, -0.15) is 13.2 Å². The number of carbonyl (C=O) groups excluding carboxylic acids is 1.